The average Bonchev–Trinajstić information content (AvgIpc) is 3.19. The molecule has 0 spiro atoms. The van der Waals surface area contributed by atoms with Crippen LogP contribution in [0.4, 0.5) is 4.79 Å². The number of carbonyl (C=O) groups is 3. The maximum atomic E-state index is 12.8. The van der Waals surface area contributed by atoms with Crippen molar-refractivity contribution in [2.24, 2.45) is 11.7 Å². The Morgan fingerprint density at radius 3 is 2.45 bits per heavy atom. The van der Waals surface area contributed by atoms with E-state index in [-0.39, 0.29) is 18.9 Å². The second kappa shape index (κ2) is 10.8. The summed E-state index contributed by atoms with van der Waals surface area (Å²) < 4.78 is 5.20. The van der Waals surface area contributed by atoms with Crippen molar-refractivity contribution in [1.82, 2.24) is 20.6 Å². The topological polar surface area (TPSA) is 139 Å². The molecule has 0 bridgehead atoms. The van der Waals surface area contributed by atoms with Crippen molar-refractivity contribution in [2.75, 3.05) is 0 Å². The molecule has 2 aromatic rings. The van der Waals surface area contributed by atoms with Crippen LogP contribution in [0.2, 0.25) is 0 Å². The van der Waals surface area contributed by atoms with Crippen LogP contribution >= 0.6 is 0 Å². The number of carbonyl (C=O) groups excluding carboxylic acids is 3. The highest BCUT2D eigenvalue weighted by molar-refractivity contribution is 5.90. The zero-order valence-corrected chi connectivity index (χ0v) is 16.6. The predicted molar refractivity (Wildman–Crippen MR) is 106 cm³/mol. The molecular formula is C20H27N5O4. The van der Waals surface area contributed by atoms with E-state index < -0.39 is 30.0 Å². The molecule has 0 aliphatic carbocycles. The van der Waals surface area contributed by atoms with Crippen molar-refractivity contribution in [3.63, 3.8) is 0 Å². The number of hydrogen-bond donors (Lipinski definition) is 4. The molecule has 29 heavy (non-hydrogen) atoms. The van der Waals surface area contributed by atoms with Gasteiger partial charge in [-0.2, -0.15) is 0 Å². The van der Waals surface area contributed by atoms with E-state index in [0.717, 1.165) is 5.56 Å². The van der Waals surface area contributed by atoms with Crippen LogP contribution in [0.15, 0.2) is 42.9 Å². The monoisotopic (exact) mass is 401 g/mol. The molecule has 2 atom stereocenters. The van der Waals surface area contributed by atoms with Crippen LogP contribution in [-0.2, 0) is 27.4 Å². The largest absolute Gasteiger partial charge is 0.445 e. The van der Waals surface area contributed by atoms with Crippen molar-refractivity contribution >= 4 is 17.9 Å². The van der Waals surface area contributed by atoms with E-state index in [9.17, 15) is 14.4 Å². The number of rotatable bonds is 10. The second-order valence-electron chi connectivity index (χ2n) is 7.13. The molecule has 0 saturated heterocycles. The Kier molecular flexibility index (Phi) is 8.20. The Balaban J connectivity index is 2.02. The van der Waals surface area contributed by atoms with Gasteiger partial charge in [-0.15, -0.1) is 0 Å². The van der Waals surface area contributed by atoms with Gasteiger partial charge in [-0.05, 0) is 17.9 Å². The Bertz CT molecular complexity index is 792. The lowest BCUT2D eigenvalue weighted by atomic mass is 10.0. The van der Waals surface area contributed by atoms with Gasteiger partial charge in [0.15, 0.2) is 0 Å². The van der Waals surface area contributed by atoms with E-state index in [1.54, 1.807) is 6.20 Å². The zero-order valence-electron chi connectivity index (χ0n) is 16.6. The van der Waals surface area contributed by atoms with Gasteiger partial charge < -0.3 is 26.1 Å². The highest BCUT2D eigenvalue weighted by atomic mass is 16.5. The minimum absolute atomic E-state index is 0.0718. The van der Waals surface area contributed by atoms with Crippen molar-refractivity contribution in [3.8, 4) is 0 Å². The summed E-state index contributed by atoms with van der Waals surface area (Å²) in [6.45, 7) is 3.91. The summed E-state index contributed by atoms with van der Waals surface area (Å²) in [5, 5.41) is 5.17. The Hall–Kier alpha value is -3.36. The van der Waals surface area contributed by atoms with E-state index in [4.69, 9.17) is 10.5 Å². The number of amides is 3. The predicted octanol–water partition coefficient (Wildman–Crippen LogP) is 1.26. The molecule has 0 aliphatic heterocycles. The number of nitrogens with zero attached hydrogens (tertiary/aromatic N) is 1. The second-order valence-corrected chi connectivity index (χ2v) is 7.13. The first-order valence-electron chi connectivity index (χ1n) is 9.39. The maximum Gasteiger partial charge on any atom is 0.408 e. The van der Waals surface area contributed by atoms with E-state index >= 15 is 0 Å². The molecule has 5 N–H and O–H groups in total. The van der Waals surface area contributed by atoms with Crippen molar-refractivity contribution in [3.05, 3.63) is 54.1 Å². The van der Waals surface area contributed by atoms with Gasteiger partial charge in [-0.1, -0.05) is 44.2 Å². The van der Waals surface area contributed by atoms with E-state index in [2.05, 4.69) is 20.6 Å². The number of H-pyrrole nitrogens is 1. The number of aromatic nitrogens is 2. The van der Waals surface area contributed by atoms with E-state index in [1.165, 1.54) is 6.33 Å². The molecule has 1 aromatic heterocycles. The third kappa shape index (κ3) is 7.65. The maximum absolute atomic E-state index is 12.8. The van der Waals surface area contributed by atoms with Crippen LogP contribution in [0.3, 0.4) is 0 Å². The van der Waals surface area contributed by atoms with Gasteiger partial charge in [-0.25, -0.2) is 9.78 Å². The van der Waals surface area contributed by atoms with Crippen molar-refractivity contribution in [2.45, 2.75) is 45.4 Å². The molecule has 9 heteroatoms. The third-order valence-electron chi connectivity index (χ3n) is 4.17. The van der Waals surface area contributed by atoms with Gasteiger partial charge in [-0.3, -0.25) is 9.59 Å². The molecule has 9 nitrogen and oxygen atoms in total. The van der Waals surface area contributed by atoms with E-state index in [1.807, 2.05) is 44.2 Å². The molecule has 0 fully saturated rings. The molecule has 3 amide bonds. The van der Waals surface area contributed by atoms with Crippen molar-refractivity contribution in [1.29, 1.82) is 0 Å². The summed E-state index contributed by atoms with van der Waals surface area (Å²) in [5.74, 6) is -0.998. The third-order valence-corrected chi connectivity index (χ3v) is 4.17. The minimum Gasteiger partial charge on any atom is -0.445 e. The standard InChI is InChI=1S/C20H27N5O4/c1-13(2)8-16(18(21)26)24-19(27)17(9-15-10-22-12-23-15)25-20(28)29-11-14-6-4-3-5-7-14/h3-7,10,12-13,16-17H,8-9,11H2,1-2H3,(H2,21,26)(H,22,23)(H,24,27)(H,25,28). The van der Waals surface area contributed by atoms with Crippen LogP contribution in [0.25, 0.3) is 0 Å². The van der Waals surface area contributed by atoms with Gasteiger partial charge in [0.1, 0.15) is 18.7 Å². The summed E-state index contributed by atoms with van der Waals surface area (Å²) in [7, 11) is 0. The first-order valence-corrected chi connectivity index (χ1v) is 9.39. The SMILES string of the molecule is CC(C)CC(NC(=O)C(Cc1cnc[nH]1)NC(=O)OCc1ccccc1)C(N)=O. The van der Waals surface area contributed by atoms with E-state index in [0.29, 0.717) is 12.1 Å². The van der Waals surface area contributed by atoms with Crippen LogP contribution in [0.1, 0.15) is 31.5 Å². The minimum atomic E-state index is -0.965. The molecule has 2 unspecified atom stereocenters. The Labute approximate surface area is 169 Å². The first-order chi connectivity index (χ1) is 13.8. The summed E-state index contributed by atoms with van der Waals surface area (Å²) in [6, 6.07) is 7.40. The number of hydrogen-bond acceptors (Lipinski definition) is 5. The molecular weight excluding hydrogens is 374 g/mol. The molecule has 156 valence electrons. The number of alkyl carbamates (subject to hydrolysis) is 1. The lowest BCUT2D eigenvalue weighted by Crippen LogP contribution is -2.54. The fraction of sp³-hybridized carbons (Fsp3) is 0.400. The summed E-state index contributed by atoms with van der Waals surface area (Å²) in [4.78, 5) is 43.4. The van der Waals surface area contributed by atoms with Crippen LogP contribution < -0.4 is 16.4 Å². The van der Waals surface area contributed by atoms with Crippen LogP contribution in [0, 0.1) is 5.92 Å². The summed E-state index contributed by atoms with van der Waals surface area (Å²) >= 11 is 0. The van der Waals surface area contributed by atoms with Crippen LogP contribution in [-0.4, -0.2) is 40.0 Å². The molecule has 0 saturated carbocycles. The average molecular weight is 401 g/mol. The lowest BCUT2D eigenvalue weighted by molar-refractivity contribution is -0.128. The summed E-state index contributed by atoms with van der Waals surface area (Å²) in [5.41, 5.74) is 6.87. The van der Waals surface area contributed by atoms with Gasteiger partial charge in [0, 0.05) is 18.3 Å². The smallest absolute Gasteiger partial charge is 0.408 e. The fourth-order valence-electron chi connectivity index (χ4n) is 2.72. The molecule has 0 radical (unpaired) electrons. The first kappa shape index (κ1) is 21.9. The normalized spacial score (nSPS) is 12.8. The number of primary amides is 1. The fourth-order valence-corrected chi connectivity index (χ4v) is 2.72. The molecule has 2 rings (SSSR count). The van der Waals surface area contributed by atoms with Crippen molar-refractivity contribution < 1.29 is 19.1 Å². The van der Waals surface area contributed by atoms with Gasteiger partial charge >= 0.3 is 6.09 Å². The van der Waals surface area contributed by atoms with Crippen LogP contribution in [0.5, 0.6) is 0 Å². The molecule has 0 aliphatic rings. The number of benzene rings is 1. The molecule has 1 heterocycles. The number of nitrogens with two attached hydrogens (primary N) is 1. The van der Waals surface area contributed by atoms with Gasteiger partial charge in [0.05, 0.1) is 6.33 Å². The number of nitrogens with one attached hydrogen (secondary N) is 3. The lowest BCUT2D eigenvalue weighted by Gasteiger charge is -2.22. The molecule has 1 aromatic carbocycles. The number of ether oxygens (including phenoxy) is 1. The highest BCUT2D eigenvalue weighted by Gasteiger charge is 2.27. The summed E-state index contributed by atoms with van der Waals surface area (Å²) in [6.07, 6.45) is 2.84. The number of imidazole rings is 1. The Morgan fingerprint density at radius 2 is 1.86 bits per heavy atom. The number of aromatic amines is 1. The quantitative estimate of drug-likeness (QED) is 0.475. The highest BCUT2D eigenvalue weighted by Crippen LogP contribution is 2.07. The van der Waals surface area contributed by atoms with Gasteiger partial charge in [0.25, 0.3) is 0 Å². The zero-order chi connectivity index (χ0) is 21.2. The van der Waals surface area contributed by atoms with Gasteiger partial charge in [0.2, 0.25) is 11.8 Å². The Morgan fingerprint density at radius 1 is 1.14 bits per heavy atom.